The van der Waals surface area contributed by atoms with Gasteiger partial charge in [-0.3, -0.25) is 0 Å². The third-order valence-corrected chi connectivity index (χ3v) is 3.28. The molecule has 1 fully saturated rings. The summed E-state index contributed by atoms with van der Waals surface area (Å²) in [6.07, 6.45) is 2.26. The van der Waals surface area contributed by atoms with Gasteiger partial charge in [0.1, 0.15) is 0 Å². The highest BCUT2D eigenvalue weighted by molar-refractivity contribution is 6.31. The Balaban J connectivity index is 1.69. The molecule has 1 atom stereocenters. The van der Waals surface area contributed by atoms with Crippen LogP contribution in [0.4, 0.5) is 4.79 Å². The van der Waals surface area contributed by atoms with Crippen molar-refractivity contribution >= 4 is 17.6 Å². The number of carbonyl (C=O) groups excluding carboxylic acids is 1. The first-order valence-electron chi connectivity index (χ1n) is 6.12. The van der Waals surface area contributed by atoms with Gasteiger partial charge in [-0.05, 0) is 24.5 Å². The Morgan fingerprint density at radius 3 is 2.94 bits per heavy atom. The van der Waals surface area contributed by atoms with Crippen LogP contribution in [0.2, 0.25) is 5.02 Å². The average molecular weight is 269 g/mol. The molecule has 1 aromatic rings. The number of halogens is 1. The van der Waals surface area contributed by atoms with Crippen LogP contribution >= 0.6 is 11.6 Å². The highest BCUT2D eigenvalue weighted by Gasteiger charge is 2.15. The predicted molar refractivity (Wildman–Crippen MR) is 70.7 cm³/mol. The first kappa shape index (κ1) is 13.2. The van der Waals surface area contributed by atoms with Crippen LogP contribution in [0.5, 0.6) is 0 Å². The van der Waals surface area contributed by atoms with Crippen LogP contribution in [0.15, 0.2) is 24.3 Å². The third-order valence-electron chi connectivity index (χ3n) is 2.91. The number of rotatable bonds is 4. The molecule has 0 radical (unpaired) electrons. The zero-order valence-corrected chi connectivity index (χ0v) is 10.9. The topological polar surface area (TPSA) is 50.4 Å². The van der Waals surface area contributed by atoms with E-state index in [9.17, 15) is 4.79 Å². The van der Waals surface area contributed by atoms with Gasteiger partial charge in [0.15, 0.2) is 0 Å². The molecule has 0 aliphatic carbocycles. The van der Waals surface area contributed by atoms with E-state index in [2.05, 4.69) is 10.6 Å². The molecule has 18 heavy (non-hydrogen) atoms. The van der Waals surface area contributed by atoms with Crippen LogP contribution in [0.3, 0.4) is 0 Å². The van der Waals surface area contributed by atoms with Gasteiger partial charge in [-0.1, -0.05) is 29.8 Å². The van der Waals surface area contributed by atoms with E-state index in [1.54, 1.807) is 0 Å². The minimum absolute atomic E-state index is 0.163. The molecule has 0 spiro atoms. The predicted octanol–water partition coefficient (Wildman–Crippen LogP) is 2.32. The summed E-state index contributed by atoms with van der Waals surface area (Å²) in [5.74, 6) is 0. The number of amides is 2. The molecule has 1 aliphatic rings. The van der Waals surface area contributed by atoms with E-state index in [4.69, 9.17) is 16.3 Å². The highest BCUT2D eigenvalue weighted by atomic mass is 35.5. The minimum atomic E-state index is -0.189. The maximum atomic E-state index is 11.6. The Morgan fingerprint density at radius 1 is 1.39 bits per heavy atom. The second-order valence-corrected chi connectivity index (χ2v) is 4.70. The van der Waals surface area contributed by atoms with E-state index >= 15 is 0 Å². The monoisotopic (exact) mass is 268 g/mol. The number of carbonyl (C=O) groups is 1. The van der Waals surface area contributed by atoms with Crippen LogP contribution < -0.4 is 10.6 Å². The molecule has 1 aromatic carbocycles. The van der Waals surface area contributed by atoms with Crippen molar-refractivity contribution in [2.75, 3.05) is 13.2 Å². The molecule has 2 rings (SSSR count). The van der Waals surface area contributed by atoms with Crippen LogP contribution in [-0.2, 0) is 11.3 Å². The van der Waals surface area contributed by atoms with Crippen molar-refractivity contribution in [1.82, 2.24) is 10.6 Å². The molecule has 1 aliphatic heterocycles. The van der Waals surface area contributed by atoms with E-state index in [1.807, 2.05) is 24.3 Å². The maximum absolute atomic E-state index is 11.6. The summed E-state index contributed by atoms with van der Waals surface area (Å²) in [5.41, 5.74) is 0.909. The van der Waals surface area contributed by atoms with Gasteiger partial charge in [0, 0.05) is 24.7 Å². The van der Waals surface area contributed by atoms with Gasteiger partial charge in [-0.25, -0.2) is 4.79 Å². The van der Waals surface area contributed by atoms with Crippen molar-refractivity contribution in [1.29, 1.82) is 0 Å². The van der Waals surface area contributed by atoms with Gasteiger partial charge >= 0.3 is 6.03 Å². The summed E-state index contributed by atoms with van der Waals surface area (Å²) in [6, 6.07) is 7.27. The molecule has 0 bridgehead atoms. The van der Waals surface area contributed by atoms with Crippen molar-refractivity contribution in [2.24, 2.45) is 0 Å². The fourth-order valence-corrected chi connectivity index (χ4v) is 2.09. The van der Waals surface area contributed by atoms with E-state index in [0.29, 0.717) is 18.1 Å². The Kier molecular flexibility index (Phi) is 4.84. The van der Waals surface area contributed by atoms with Crippen LogP contribution in [0.1, 0.15) is 18.4 Å². The molecule has 0 saturated carbocycles. The molecule has 98 valence electrons. The van der Waals surface area contributed by atoms with E-state index in [1.165, 1.54) is 0 Å². The lowest BCUT2D eigenvalue weighted by atomic mass is 10.2. The van der Waals surface area contributed by atoms with Crippen LogP contribution in [-0.4, -0.2) is 25.3 Å². The molecule has 1 unspecified atom stereocenters. The SMILES string of the molecule is O=C(NCc1ccccc1Cl)NCC1CCCO1. The Labute approximate surface area is 112 Å². The fourth-order valence-electron chi connectivity index (χ4n) is 1.89. The normalized spacial score (nSPS) is 18.6. The molecule has 2 amide bonds. The second-order valence-electron chi connectivity index (χ2n) is 4.29. The van der Waals surface area contributed by atoms with Crippen molar-refractivity contribution in [2.45, 2.75) is 25.5 Å². The lowest BCUT2D eigenvalue weighted by Gasteiger charge is -2.12. The Morgan fingerprint density at radius 2 is 2.22 bits per heavy atom. The third kappa shape index (κ3) is 3.89. The zero-order valence-electron chi connectivity index (χ0n) is 10.1. The minimum Gasteiger partial charge on any atom is -0.376 e. The first-order chi connectivity index (χ1) is 8.75. The number of ether oxygens (including phenoxy) is 1. The van der Waals surface area contributed by atoms with E-state index in [-0.39, 0.29) is 12.1 Å². The van der Waals surface area contributed by atoms with Gasteiger partial charge in [0.25, 0.3) is 0 Å². The molecule has 4 nitrogen and oxygen atoms in total. The van der Waals surface area contributed by atoms with Crippen molar-refractivity contribution in [3.05, 3.63) is 34.9 Å². The summed E-state index contributed by atoms with van der Waals surface area (Å²) in [5, 5.41) is 6.23. The van der Waals surface area contributed by atoms with Crippen molar-refractivity contribution < 1.29 is 9.53 Å². The number of urea groups is 1. The average Bonchev–Trinajstić information content (AvgIpc) is 2.88. The van der Waals surface area contributed by atoms with Gasteiger partial charge in [0.2, 0.25) is 0 Å². The lowest BCUT2D eigenvalue weighted by Crippen LogP contribution is -2.39. The Hall–Kier alpha value is -1.26. The molecular weight excluding hydrogens is 252 g/mol. The van der Waals surface area contributed by atoms with Crippen molar-refractivity contribution in [3.8, 4) is 0 Å². The van der Waals surface area contributed by atoms with Gasteiger partial charge in [-0.15, -0.1) is 0 Å². The number of nitrogens with one attached hydrogen (secondary N) is 2. The van der Waals surface area contributed by atoms with Gasteiger partial charge in [0.05, 0.1) is 6.10 Å². The molecule has 1 heterocycles. The zero-order chi connectivity index (χ0) is 12.8. The van der Waals surface area contributed by atoms with Gasteiger partial charge < -0.3 is 15.4 Å². The molecular formula is C13H17ClN2O2. The number of hydrogen-bond acceptors (Lipinski definition) is 2. The summed E-state index contributed by atoms with van der Waals surface area (Å²) in [6.45, 7) is 1.79. The fraction of sp³-hybridized carbons (Fsp3) is 0.462. The van der Waals surface area contributed by atoms with Crippen LogP contribution in [0.25, 0.3) is 0 Å². The lowest BCUT2D eigenvalue weighted by molar-refractivity contribution is 0.111. The summed E-state index contributed by atoms with van der Waals surface area (Å²) < 4.78 is 5.42. The maximum Gasteiger partial charge on any atom is 0.315 e. The molecule has 2 N–H and O–H groups in total. The molecule has 5 heteroatoms. The summed E-state index contributed by atoms with van der Waals surface area (Å²) >= 11 is 6.00. The number of benzene rings is 1. The molecule has 0 aromatic heterocycles. The first-order valence-corrected chi connectivity index (χ1v) is 6.50. The van der Waals surface area contributed by atoms with Crippen LogP contribution in [0, 0.1) is 0 Å². The smallest absolute Gasteiger partial charge is 0.315 e. The standard InChI is InChI=1S/C13H17ClN2O2/c14-12-6-2-1-4-10(12)8-15-13(17)16-9-11-5-3-7-18-11/h1-2,4,6,11H,3,5,7-9H2,(H2,15,16,17). The highest BCUT2D eigenvalue weighted by Crippen LogP contribution is 2.14. The van der Waals surface area contributed by atoms with Gasteiger partial charge in [-0.2, -0.15) is 0 Å². The summed E-state index contributed by atoms with van der Waals surface area (Å²) in [7, 11) is 0. The Bertz CT molecular complexity index is 406. The molecule has 1 saturated heterocycles. The second kappa shape index (κ2) is 6.61. The van der Waals surface area contributed by atoms with Crippen molar-refractivity contribution in [3.63, 3.8) is 0 Å². The quantitative estimate of drug-likeness (QED) is 0.881. The van der Waals surface area contributed by atoms with E-state index < -0.39 is 0 Å². The number of hydrogen-bond donors (Lipinski definition) is 2. The van der Waals surface area contributed by atoms with E-state index in [0.717, 1.165) is 25.0 Å². The summed E-state index contributed by atoms with van der Waals surface area (Å²) in [4.78, 5) is 11.6. The largest absolute Gasteiger partial charge is 0.376 e.